The van der Waals surface area contributed by atoms with Crippen molar-refractivity contribution in [3.8, 4) is 5.75 Å². The molecule has 1 unspecified atom stereocenters. The standard InChI is InChI=1S/C25H20N2O/c1-28-16-12-10-15(11-13-16)23-24-18-7-3-5-9-21(18)26-22(24)14-19-17-6-2-4-8-20(17)27-25(19)23/h2-13,23,26-27H,14H2,1H3. The Balaban J connectivity index is 1.67. The monoisotopic (exact) mass is 364 g/mol. The molecule has 3 nitrogen and oxygen atoms in total. The summed E-state index contributed by atoms with van der Waals surface area (Å²) in [5.41, 5.74) is 9.11. The van der Waals surface area contributed by atoms with Gasteiger partial charge >= 0.3 is 0 Å². The molecule has 0 fully saturated rings. The van der Waals surface area contributed by atoms with Crippen LogP contribution in [-0.2, 0) is 6.42 Å². The highest BCUT2D eigenvalue weighted by Gasteiger charge is 2.32. The third-order valence-electron chi connectivity index (χ3n) is 6.05. The minimum atomic E-state index is 0.174. The van der Waals surface area contributed by atoms with Gasteiger partial charge in [0.05, 0.1) is 13.0 Å². The normalized spacial score (nSPS) is 15.5. The van der Waals surface area contributed by atoms with Gasteiger partial charge < -0.3 is 14.7 Å². The van der Waals surface area contributed by atoms with Crippen molar-refractivity contribution in [2.45, 2.75) is 12.3 Å². The highest BCUT2D eigenvalue weighted by atomic mass is 16.5. The van der Waals surface area contributed by atoms with Gasteiger partial charge in [0.15, 0.2) is 0 Å². The molecular weight excluding hydrogens is 344 g/mol. The molecule has 0 aliphatic heterocycles. The van der Waals surface area contributed by atoms with E-state index in [1.165, 1.54) is 49.9 Å². The van der Waals surface area contributed by atoms with Crippen molar-refractivity contribution in [1.29, 1.82) is 0 Å². The summed E-state index contributed by atoms with van der Waals surface area (Å²) >= 11 is 0. The van der Waals surface area contributed by atoms with Crippen molar-refractivity contribution in [1.82, 2.24) is 9.97 Å². The number of hydrogen-bond acceptors (Lipinski definition) is 1. The average molecular weight is 364 g/mol. The van der Waals surface area contributed by atoms with Gasteiger partial charge in [-0.3, -0.25) is 0 Å². The van der Waals surface area contributed by atoms with Crippen molar-refractivity contribution in [3.05, 3.63) is 101 Å². The third-order valence-corrected chi connectivity index (χ3v) is 6.05. The number of H-pyrrole nitrogens is 2. The number of ether oxygens (including phenoxy) is 1. The van der Waals surface area contributed by atoms with E-state index in [0.717, 1.165) is 12.2 Å². The summed E-state index contributed by atoms with van der Waals surface area (Å²) in [7, 11) is 1.71. The van der Waals surface area contributed by atoms with Crippen LogP contribution in [-0.4, -0.2) is 17.1 Å². The first-order valence-corrected chi connectivity index (χ1v) is 9.66. The number of hydrogen-bond donors (Lipinski definition) is 2. The van der Waals surface area contributed by atoms with Crippen LogP contribution in [0.5, 0.6) is 5.75 Å². The summed E-state index contributed by atoms with van der Waals surface area (Å²) in [6.07, 6.45) is 0.927. The lowest BCUT2D eigenvalue weighted by Crippen LogP contribution is -2.14. The Morgan fingerprint density at radius 2 is 1.46 bits per heavy atom. The van der Waals surface area contributed by atoms with Crippen LogP contribution in [0.15, 0.2) is 72.8 Å². The Labute approximate surface area is 163 Å². The Bertz CT molecular complexity index is 1320. The van der Waals surface area contributed by atoms with Gasteiger partial charge in [-0.15, -0.1) is 0 Å². The molecule has 3 aromatic carbocycles. The minimum absolute atomic E-state index is 0.174. The van der Waals surface area contributed by atoms with Crippen LogP contribution in [0, 0.1) is 0 Å². The van der Waals surface area contributed by atoms with Gasteiger partial charge in [0.25, 0.3) is 0 Å². The van der Waals surface area contributed by atoms with Gasteiger partial charge in [0, 0.05) is 39.6 Å². The topological polar surface area (TPSA) is 40.8 Å². The maximum atomic E-state index is 5.38. The molecule has 0 bridgehead atoms. The molecule has 2 heterocycles. The van der Waals surface area contributed by atoms with Crippen LogP contribution in [0.4, 0.5) is 0 Å². The summed E-state index contributed by atoms with van der Waals surface area (Å²) in [5, 5.41) is 2.63. The Hall–Kier alpha value is -3.46. The van der Waals surface area contributed by atoms with E-state index in [-0.39, 0.29) is 5.92 Å². The second-order valence-electron chi connectivity index (χ2n) is 7.51. The molecule has 1 atom stereocenters. The lowest BCUT2D eigenvalue weighted by molar-refractivity contribution is 0.414. The van der Waals surface area contributed by atoms with Crippen LogP contribution in [0.2, 0.25) is 0 Å². The van der Waals surface area contributed by atoms with Gasteiger partial charge in [-0.2, -0.15) is 0 Å². The SMILES string of the molecule is COc1ccc(C2c3[nH]c4ccccc4c3Cc3[nH]c4ccccc4c32)cc1. The highest BCUT2D eigenvalue weighted by Crippen LogP contribution is 2.46. The number of benzene rings is 3. The number of para-hydroxylation sites is 2. The molecule has 1 aliphatic rings. The number of nitrogens with one attached hydrogen (secondary N) is 2. The Kier molecular flexibility index (Phi) is 3.21. The largest absolute Gasteiger partial charge is 0.497 e. The molecule has 136 valence electrons. The third kappa shape index (κ3) is 2.10. The predicted molar refractivity (Wildman–Crippen MR) is 113 cm³/mol. The lowest BCUT2D eigenvalue weighted by Gasteiger charge is -2.25. The summed E-state index contributed by atoms with van der Waals surface area (Å²) < 4.78 is 5.38. The molecule has 5 aromatic rings. The molecule has 2 N–H and O–H groups in total. The first-order chi connectivity index (χ1) is 13.8. The van der Waals surface area contributed by atoms with Crippen molar-refractivity contribution in [3.63, 3.8) is 0 Å². The van der Waals surface area contributed by atoms with Crippen molar-refractivity contribution < 1.29 is 4.74 Å². The zero-order valence-electron chi connectivity index (χ0n) is 15.6. The van der Waals surface area contributed by atoms with Crippen LogP contribution in [0.1, 0.15) is 34.0 Å². The predicted octanol–water partition coefficient (Wildman–Crippen LogP) is 5.74. The fourth-order valence-electron chi connectivity index (χ4n) is 4.80. The number of aromatic nitrogens is 2. The number of fused-ring (bicyclic) bond motifs is 6. The summed E-state index contributed by atoms with van der Waals surface area (Å²) in [4.78, 5) is 7.44. The highest BCUT2D eigenvalue weighted by molar-refractivity contribution is 5.91. The molecule has 2 aromatic heterocycles. The van der Waals surface area contributed by atoms with Gasteiger partial charge in [0.1, 0.15) is 5.75 Å². The van der Waals surface area contributed by atoms with E-state index < -0.39 is 0 Å². The molecule has 0 radical (unpaired) electrons. The summed E-state index contributed by atoms with van der Waals surface area (Å²) in [6.45, 7) is 0. The fraction of sp³-hybridized carbons (Fsp3) is 0.120. The number of aromatic amines is 2. The van der Waals surface area contributed by atoms with E-state index in [0.29, 0.717) is 0 Å². The first kappa shape index (κ1) is 15.6. The maximum Gasteiger partial charge on any atom is 0.118 e. The van der Waals surface area contributed by atoms with E-state index >= 15 is 0 Å². The lowest BCUT2D eigenvalue weighted by atomic mass is 9.79. The van der Waals surface area contributed by atoms with Crippen LogP contribution in [0.3, 0.4) is 0 Å². The second-order valence-corrected chi connectivity index (χ2v) is 7.51. The van der Waals surface area contributed by atoms with E-state index in [1.54, 1.807) is 7.11 Å². The molecule has 0 saturated carbocycles. The zero-order chi connectivity index (χ0) is 18.7. The second kappa shape index (κ2) is 5.77. The van der Waals surface area contributed by atoms with Crippen LogP contribution in [0.25, 0.3) is 21.8 Å². The van der Waals surface area contributed by atoms with Crippen molar-refractivity contribution in [2.24, 2.45) is 0 Å². The van der Waals surface area contributed by atoms with Gasteiger partial charge in [-0.1, -0.05) is 48.5 Å². The Morgan fingerprint density at radius 1 is 0.786 bits per heavy atom. The summed E-state index contributed by atoms with van der Waals surface area (Å²) in [5.74, 6) is 1.06. The van der Waals surface area contributed by atoms with Crippen LogP contribution < -0.4 is 4.74 Å². The zero-order valence-corrected chi connectivity index (χ0v) is 15.6. The molecule has 1 aliphatic carbocycles. The summed E-state index contributed by atoms with van der Waals surface area (Å²) in [6, 6.07) is 25.7. The molecule has 28 heavy (non-hydrogen) atoms. The maximum absolute atomic E-state index is 5.38. The van der Waals surface area contributed by atoms with E-state index in [2.05, 4.69) is 82.8 Å². The Morgan fingerprint density at radius 3 is 2.21 bits per heavy atom. The van der Waals surface area contributed by atoms with Crippen LogP contribution >= 0.6 is 0 Å². The molecule has 0 saturated heterocycles. The smallest absolute Gasteiger partial charge is 0.118 e. The van der Waals surface area contributed by atoms with E-state index in [9.17, 15) is 0 Å². The average Bonchev–Trinajstić information content (AvgIpc) is 3.30. The first-order valence-electron chi connectivity index (χ1n) is 9.66. The van der Waals surface area contributed by atoms with Gasteiger partial charge in [-0.25, -0.2) is 0 Å². The fourth-order valence-corrected chi connectivity index (χ4v) is 4.80. The molecule has 0 amide bonds. The molecule has 6 rings (SSSR count). The number of rotatable bonds is 2. The minimum Gasteiger partial charge on any atom is -0.497 e. The van der Waals surface area contributed by atoms with Gasteiger partial charge in [0.2, 0.25) is 0 Å². The number of methoxy groups -OCH3 is 1. The molecule has 3 heteroatoms. The quantitative estimate of drug-likeness (QED) is 0.404. The van der Waals surface area contributed by atoms with Gasteiger partial charge in [-0.05, 0) is 41.0 Å². The van der Waals surface area contributed by atoms with E-state index in [1.807, 2.05) is 0 Å². The molecular formula is C25H20N2O. The molecule has 0 spiro atoms. The van der Waals surface area contributed by atoms with Crippen molar-refractivity contribution >= 4 is 21.8 Å². The van der Waals surface area contributed by atoms with E-state index in [4.69, 9.17) is 4.74 Å². The van der Waals surface area contributed by atoms with Crippen molar-refractivity contribution in [2.75, 3.05) is 7.11 Å².